The molecule has 0 aliphatic rings. The number of guanidine groups is 1. The van der Waals surface area contributed by atoms with Crippen molar-refractivity contribution in [2.24, 2.45) is 4.99 Å². The summed E-state index contributed by atoms with van der Waals surface area (Å²) in [6, 6.07) is 16.4. The molecule has 144 valence electrons. The van der Waals surface area contributed by atoms with Gasteiger partial charge >= 0.3 is 0 Å². The predicted molar refractivity (Wildman–Crippen MR) is 123 cm³/mol. The summed E-state index contributed by atoms with van der Waals surface area (Å²) in [5.41, 5.74) is 3.65. The number of halogens is 1. The number of para-hydroxylation sites is 1. The van der Waals surface area contributed by atoms with E-state index in [1.165, 1.54) is 16.5 Å². The number of nitrogens with one attached hydrogen (secondary N) is 3. The van der Waals surface area contributed by atoms with Gasteiger partial charge in [-0.25, -0.2) is 4.99 Å². The van der Waals surface area contributed by atoms with Crippen molar-refractivity contribution in [3.8, 4) is 5.75 Å². The lowest BCUT2D eigenvalue weighted by atomic mass is 10.1. The standard InChI is InChI=1S/C21H26N4O.HI/c1-3-22-21(25-14-16-8-10-18(26-2)11-9-16)23-13-12-17-15-24-20-7-5-4-6-19(17)20;/h4-11,15,24H,3,12-14H2,1-2H3,(H2,22,23,25);1H. The first-order valence-electron chi connectivity index (χ1n) is 9.00. The third-order valence-electron chi connectivity index (χ3n) is 4.28. The summed E-state index contributed by atoms with van der Waals surface area (Å²) < 4.78 is 5.19. The number of fused-ring (bicyclic) bond motifs is 1. The maximum Gasteiger partial charge on any atom is 0.191 e. The van der Waals surface area contributed by atoms with Gasteiger partial charge in [0.05, 0.1) is 13.7 Å². The summed E-state index contributed by atoms with van der Waals surface area (Å²) in [7, 11) is 1.67. The van der Waals surface area contributed by atoms with E-state index in [-0.39, 0.29) is 24.0 Å². The van der Waals surface area contributed by atoms with E-state index in [2.05, 4.69) is 58.0 Å². The predicted octanol–water partition coefficient (Wildman–Crippen LogP) is 4.09. The van der Waals surface area contributed by atoms with E-state index in [1.807, 2.05) is 24.3 Å². The fraction of sp³-hybridized carbons (Fsp3) is 0.286. The fourth-order valence-electron chi connectivity index (χ4n) is 2.90. The van der Waals surface area contributed by atoms with E-state index in [1.54, 1.807) is 7.11 Å². The summed E-state index contributed by atoms with van der Waals surface area (Å²) in [6.45, 7) is 4.37. The molecule has 0 aliphatic heterocycles. The largest absolute Gasteiger partial charge is 0.497 e. The highest BCUT2D eigenvalue weighted by atomic mass is 127. The maximum atomic E-state index is 5.19. The normalized spacial score (nSPS) is 11.1. The van der Waals surface area contributed by atoms with E-state index in [9.17, 15) is 0 Å². The summed E-state index contributed by atoms with van der Waals surface area (Å²) in [5, 5.41) is 8.00. The third kappa shape index (κ3) is 5.89. The molecule has 1 heterocycles. The zero-order valence-electron chi connectivity index (χ0n) is 15.8. The highest BCUT2D eigenvalue weighted by Crippen LogP contribution is 2.17. The van der Waals surface area contributed by atoms with Crippen molar-refractivity contribution >= 4 is 40.8 Å². The van der Waals surface area contributed by atoms with Crippen molar-refractivity contribution in [2.75, 3.05) is 20.2 Å². The van der Waals surface area contributed by atoms with Gasteiger partial charge in [0.25, 0.3) is 0 Å². The average molecular weight is 478 g/mol. The second-order valence-electron chi connectivity index (χ2n) is 6.08. The molecule has 0 aliphatic carbocycles. The van der Waals surface area contributed by atoms with Crippen LogP contribution in [0.3, 0.4) is 0 Å². The van der Waals surface area contributed by atoms with Crippen molar-refractivity contribution in [3.63, 3.8) is 0 Å². The zero-order valence-corrected chi connectivity index (χ0v) is 18.1. The third-order valence-corrected chi connectivity index (χ3v) is 4.28. The lowest BCUT2D eigenvalue weighted by molar-refractivity contribution is 0.414. The van der Waals surface area contributed by atoms with Gasteiger partial charge in [0.2, 0.25) is 0 Å². The zero-order chi connectivity index (χ0) is 18.2. The van der Waals surface area contributed by atoms with Gasteiger partial charge in [-0.3, -0.25) is 0 Å². The monoisotopic (exact) mass is 478 g/mol. The number of hydrogen-bond donors (Lipinski definition) is 3. The number of H-pyrrole nitrogens is 1. The molecule has 5 nitrogen and oxygen atoms in total. The number of benzene rings is 2. The van der Waals surface area contributed by atoms with Crippen molar-refractivity contribution < 1.29 is 4.74 Å². The topological polar surface area (TPSA) is 61.4 Å². The Kier molecular flexibility index (Phi) is 8.44. The van der Waals surface area contributed by atoms with E-state index < -0.39 is 0 Å². The van der Waals surface area contributed by atoms with Gasteiger partial charge in [0.1, 0.15) is 5.75 Å². The molecule has 27 heavy (non-hydrogen) atoms. The smallest absolute Gasteiger partial charge is 0.191 e. The minimum absolute atomic E-state index is 0. The number of ether oxygens (including phenoxy) is 1. The van der Waals surface area contributed by atoms with Gasteiger partial charge in [-0.05, 0) is 42.7 Å². The van der Waals surface area contributed by atoms with Crippen molar-refractivity contribution in [1.29, 1.82) is 0 Å². The molecular formula is C21H27IN4O. The molecule has 0 amide bonds. The van der Waals surface area contributed by atoms with E-state index in [4.69, 9.17) is 4.74 Å². The van der Waals surface area contributed by atoms with E-state index in [0.29, 0.717) is 6.54 Å². The second-order valence-corrected chi connectivity index (χ2v) is 6.08. The van der Waals surface area contributed by atoms with Crippen LogP contribution in [0.4, 0.5) is 0 Å². The van der Waals surface area contributed by atoms with Crippen LogP contribution < -0.4 is 15.4 Å². The summed E-state index contributed by atoms with van der Waals surface area (Å²) >= 11 is 0. The molecule has 0 saturated heterocycles. The highest BCUT2D eigenvalue weighted by Gasteiger charge is 2.03. The highest BCUT2D eigenvalue weighted by molar-refractivity contribution is 14.0. The number of aromatic nitrogens is 1. The molecule has 0 atom stereocenters. The lowest BCUT2D eigenvalue weighted by Crippen LogP contribution is -2.38. The van der Waals surface area contributed by atoms with Crippen molar-refractivity contribution in [3.05, 3.63) is 65.9 Å². The molecule has 3 aromatic rings. The molecule has 0 radical (unpaired) electrons. The molecule has 6 heteroatoms. The first-order chi connectivity index (χ1) is 12.8. The van der Waals surface area contributed by atoms with Crippen LogP contribution in [0.2, 0.25) is 0 Å². The van der Waals surface area contributed by atoms with E-state index in [0.717, 1.165) is 36.8 Å². The lowest BCUT2D eigenvalue weighted by Gasteiger charge is -2.11. The van der Waals surface area contributed by atoms with Crippen molar-refractivity contribution in [2.45, 2.75) is 19.9 Å². The van der Waals surface area contributed by atoms with Gasteiger partial charge in [0, 0.05) is 30.2 Å². The Labute approximate surface area is 177 Å². The fourth-order valence-corrected chi connectivity index (χ4v) is 2.90. The van der Waals surface area contributed by atoms with Crippen LogP contribution >= 0.6 is 24.0 Å². The molecule has 0 fully saturated rings. The number of aromatic amines is 1. The van der Waals surface area contributed by atoms with Crippen LogP contribution in [0.1, 0.15) is 18.1 Å². The Balaban J connectivity index is 0.00000261. The number of hydrogen-bond acceptors (Lipinski definition) is 2. The SMILES string of the molecule is CCNC(=NCc1ccc(OC)cc1)NCCc1c[nH]c2ccccc12.I. The van der Waals surface area contributed by atoms with Gasteiger partial charge in [-0.15, -0.1) is 24.0 Å². The Hall–Kier alpha value is -2.22. The molecule has 1 aromatic heterocycles. The number of methoxy groups -OCH3 is 1. The first kappa shape index (κ1) is 21.1. The molecule has 3 N–H and O–H groups in total. The van der Waals surface area contributed by atoms with Crippen LogP contribution in [0.15, 0.2) is 59.7 Å². The number of nitrogens with zero attached hydrogens (tertiary/aromatic N) is 1. The summed E-state index contributed by atoms with van der Waals surface area (Å²) in [4.78, 5) is 7.99. The quantitative estimate of drug-likeness (QED) is 0.272. The van der Waals surface area contributed by atoms with Crippen LogP contribution in [-0.4, -0.2) is 31.1 Å². The van der Waals surface area contributed by atoms with Gasteiger partial charge in [0.15, 0.2) is 5.96 Å². The molecule has 0 saturated carbocycles. The summed E-state index contributed by atoms with van der Waals surface area (Å²) in [6.07, 6.45) is 3.03. The molecule has 0 unspecified atom stereocenters. The van der Waals surface area contributed by atoms with Crippen LogP contribution in [0.25, 0.3) is 10.9 Å². The Morgan fingerprint density at radius 1 is 1.07 bits per heavy atom. The molecule has 0 bridgehead atoms. The molecule has 2 aromatic carbocycles. The van der Waals surface area contributed by atoms with E-state index >= 15 is 0 Å². The minimum Gasteiger partial charge on any atom is -0.497 e. The van der Waals surface area contributed by atoms with Crippen LogP contribution in [-0.2, 0) is 13.0 Å². The van der Waals surface area contributed by atoms with Crippen molar-refractivity contribution in [1.82, 2.24) is 15.6 Å². The van der Waals surface area contributed by atoms with Gasteiger partial charge in [-0.1, -0.05) is 30.3 Å². The maximum absolute atomic E-state index is 5.19. The Morgan fingerprint density at radius 2 is 1.85 bits per heavy atom. The molecule has 0 spiro atoms. The Bertz CT molecular complexity index is 858. The number of rotatable bonds is 7. The number of aliphatic imine (C=N–C) groups is 1. The first-order valence-corrected chi connectivity index (χ1v) is 9.00. The van der Waals surface area contributed by atoms with Crippen LogP contribution in [0.5, 0.6) is 5.75 Å². The van der Waals surface area contributed by atoms with Gasteiger partial charge < -0.3 is 20.4 Å². The second kappa shape index (κ2) is 10.8. The summed E-state index contributed by atoms with van der Waals surface area (Å²) in [5.74, 6) is 1.70. The molecule has 3 rings (SSSR count). The average Bonchev–Trinajstić information content (AvgIpc) is 3.10. The molecular weight excluding hydrogens is 451 g/mol. The van der Waals surface area contributed by atoms with Gasteiger partial charge in [-0.2, -0.15) is 0 Å². The van der Waals surface area contributed by atoms with Crippen LogP contribution in [0, 0.1) is 0 Å². The Morgan fingerprint density at radius 3 is 2.59 bits per heavy atom. The minimum atomic E-state index is 0.